The lowest BCUT2D eigenvalue weighted by Gasteiger charge is -2.37. The van der Waals surface area contributed by atoms with Gasteiger partial charge in [-0.05, 0) is 25.5 Å². The van der Waals surface area contributed by atoms with Crippen LogP contribution in [-0.4, -0.2) is 60.3 Å². The fourth-order valence-corrected chi connectivity index (χ4v) is 3.38. The molecular weight excluding hydrogens is 236 g/mol. The minimum atomic E-state index is -0.263. The van der Waals surface area contributed by atoms with E-state index in [-0.39, 0.29) is 17.2 Å². The van der Waals surface area contributed by atoms with Gasteiger partial charge in [0.25, 0.3) is 0 Å². The summed E-state index contributed by atoms with van der Waals surface area (Å²) < 4.78 is 0. The molecule has 1 atom stereocenters. The average molecular weight is 256 g/mol. The molecule has 2 rings (SSSR count). The fourth-order valence-electron chi connectivity index (χ4n) is 2.95. The first-order valence-corrected chi connectivity index (χ1v) is 7.51. The van der Waals surface area contributed by atoms with Crippen molar-refractivity contribution in [1.82, 2.24) is 9.80 Å². The molecule has 0 saturated carbocycles. The quantitative estimate of drug-likeness (QED) is 0.734. The van der Waals surface area contributed by atoms with Gasteiger partial charge in [-0.3, -0.25) is 9.59 Å². The van der Waals surface area contributed by atoms with E-state index < -0.39 is 0 Å². The Morgan fingerprint density at radius 1 is 1.41 bits per heavy atom. The third-order valence-electron chi connectivity index (χ3n) is 3.92. The number of nitrogens with zero attached hydrogens (tertiary/aromatic N) is 2. The van der Waals surface area contributed by atoms with Crippen LogP contribution >= 0.6 is 11.8 Å². The van der Waals surface area contributed by atoms with Gasteiger partial charge in [0, 0.05) is 26.7 Å². The molecule has 0 bridgehead atoms. The summed E-state index contributed by atoms with van der Waals surface area (Å²) >= 11 is 1.55. The van der Waals surface area contributed by atoms with Gasteiger partial charge in [-0.25, -0.2) is 0 Å². The van der Waals surface area contributed by atoms with E-state index in [2.05, 4.69) is 0 Å². The van der Waals surface area contributed by atoms with Gasteiger partial charge in [-0.2, -0.15) is 11.8 Å². The van der Waals surface area contributed by atoms with Crippen molar-refractivity contribution in [2.24, 2.45) is 5.41 Å². The molecule has 2 heterocycles. The molecule has 96 valence electrons. The minimum absolute atomic E-state index is 0.176. The van der Waals surface area contributed by atoms with Crippen LogP contribution < -0.4 is 0 Å². The second kappa shape index (κ2) is 4.88. The number of piperidine rings is 1. The third-order valence-corrected chi connectivity index (χ3v) is 4.46. The maximum atomic E-state index is 12.3. The highest BCUT2D eigenvalue weighted by atomic mass is 32.2. The first-order chi connectivity index (χ1) is 8.09. The van der Waals surface area contributed by atoms with Crippen LogP contribution in [0.5, 0.6) is 0 Å². The molecule has 2 aliphatic rings. The first kappa shape index (κ1) is 12.7. The number of thioether (sulfide) groups is 1. The van der Waals surface area contributed by atoms with Crippen molar-refractivity contribution in [1.29, 1.82) is 0 Å². The lowest BCUT2D eigenvalue weighted by molar-refractivity contribution is -0.144. The van der Waals surface area contributed by atoms with Crippen LogP contribution in [0, 0.1) is 5.41 Å². The zero-order valence-corrected chi connectivity index (χ0v) is 11.4. The highest BCUT2D eigenvalue weighted by molar-refractivity contribution is 7.99. The maximum Gasteiger partial charge on any atom is 0.232 e. The Balaban J connectivity index is 2.04. The molecule has 0 unspecified atom stereocenters. The molecule has 0 aromatic rings. The van der Waals surface area contributed by atoms with Crippen LogP contribution in [0.15, 0.2) is 0 Å². The van der Waals surface area contributed by atoms with Gasteiger partial charge < -0.3 is 9.80 Å². The van der Waals surface area contributed by atoms with Crippen molar-refractivity contribution in [3.63, 3.8) is 0 Å². The van der Waals surface area contributed by atoms with Crippen molar-refractivity contribution in [3.05, 3.63) is 0 Å². The number of carbonyl (C=O) groups is 2. The summed E-state index contributed by atoms with van der Waals surface area (Å²) in [5.74, 6) is 0.943. The average Bonchev–Trinajstić information content (AvgIpc) is 2.72. The number of rotatable bonds is 2. The predicted molar refractivity (Wildman–Crippen MR) is 68.9 cm³/mol. The number of amides is 2. The van der Waals surface area contributed by atoms with Gasteiger partial charge in [0.05, 0.1) is 11.2 Å². The zero-order valence-electron chi connectivity index (χ0n) is 10.6. The smallest absolute Gasteiger partial charge is 0.232 e. The van der Waals surface area contributed by atoms with E-state index in [0.29, 0.717) is 12.3 Å². The van der Waals surface area contributed by atoms with Crippen molar-refractivity contribution < 1.29 is 9.59 Å². The van der Waals surface area contributed by atoms with Crippen molar-refractivity contribution >= 4 is 23.6 Å². The lowest BCUT2D eigenvalue weighted by atomic mass is 9.78. The normalized spacial score (nSPS) is 29.2. The predicted octanol–water partition coefficient (Wildman–Crippen LogP) is 0.820. The molecule has 2 fully saturated rings. The monoisotopic (exact) mass is 256 g/mol. The highest BCUT2D eigenvalue weighted by Gasteiger charge is 2.48. The summed E-state index contributed by atoms with van der Waals surface area (Å²) in [7, 11) is 1.87. The van der Waals surface area contributed by atoms with Gasteiger partial charge in [0.1, 0.15) is 0 Å². The molecule has 5 heteroatoms. The second-order valence-corrected chi connectivity index (χ2v) is 5.97. The van der Waals surface area contributed by atoms with Crippen LogP contribution in [0.25, 0.3) is 0 Å². The SMILES string of the molecule is CSCC(=O)N1CC[C@]2(CCCN(C)C2=O)C1. The number of likely N-dealkylation sites (tertiary alicyclic amines) is 2. The molecule has 2 amide bonds. The molecule has 0 aromatic carbocycles. The molecule has 4 nitrogen and oxygen atoms in total. The van der Waals surface area contributed by atoms with E-state index in [1.807, 2.05) is 23.1 Å². The maximum absolute atomic E-state index is 12.3. The largest absolute Gasteiger partial charge is 0.345 e. The number of carbonyl (C=O) groups excluding carboxylic acids is 2. The Morgan fingerprint density at radius 2 is 2.18 bits per heavy atom. The van der Waals surface area contributed by atoms with Crippen LogP contribution in [0.1, 0.15) is 19.3 Å². The summed E-state index contributed by atoms with van der Waals surface area (Å²) in [5, 5.41) is 0. The second-order valence-electron chi connectivity index (χ2n) is 5.11. The lowest BCUT2D eigenvalue weighted by Crippen LogP contribution is -2.48. The molecule has 0 radical (unpaired) electrons. The van der Waals surface area contributed by atoms with E-state index >= 15 is 0 Å². The van der Waals surface area contributed by atoms with Crippen LogP contribution in [0.2, 0.25) is 0 Å². The fraction of sp³-hybridized carbons (Fsp3) is 0.833. The van der Waals surface area contributed by atoms with Crippen molar-refractivity contribution in [2.45, 2.75) is 19.3 Å². The summed E-state index contributed by atoms with van der Waals surface area (Å²) in [4.78, 5) is 27.8. The molecule has 0 aromatic heterocycles. The van der Waals surface area contributed by atoms with E-state index in [1.165, 1.54) is 0 Å². The number of hydrogen-bond donors (Lipinski definition) is 0. The van der Waals surface area contributed by atoms with Crippen LogP contribution in [0.4, 0.5) is 0 Å². The van der Waals surface area contributed by atoms with Crippen molar-refractivity contribution in [3.8, 4) is 0 Å². The Bertz CT molecular complexity index is 334. The Hall–Kier alpha value is -0.710. The molecule has 2 aliphatic heterocycles. The summed E-state index contributed by atoms with van der Waals surface area (Å²) in [5.41, 5.74) is -0.263. The Morgan fingerprint density at radius 3 is 2.88 bits per heavy atom. The minimum Gasteiger partial charge on any atom is -0.345 e. The van der Waals surface area contributed by atoms with Gasteiger partial charge in [-0.15, -0.1) is 0 Å². The van der Waals surface area contributed by atoms with Gasteiger partial charge in [-0.1, -0.05) is 0 Å². The Labute approximate surface area is 107 Å². The highest BCUT2D eigenvalue weighted by Crippen LogP contribution is 2.39. The number of hydrogen-bond acceptors (Lipinski definition) is 3. The van der Waals surface area contributed by atoms with E-state index in [1.54, 1.807) is 11.8 Å². The molecule has 17 heavy (non-hydrogen) atoms. The van der Waals surface area contributed by atoms with Gasteiger partial charge >= 0.3 is 0 Å². The van der Waals surface area contributed by atoms with Crippen LogP contribution in [-0.2, 0) is 9.59 Å². The van der Waals surface area contributed by atoms with E-state index in [9.17, 15) is 9.59 Å². The molecule has 0 N–H and O–H groups in total. The van der Waals surface area contributed by atoms with E-state index in [4.69, 9.17) is 0 Å². The third kappa shape index (κ3) is 2.30. The van der Waals surface area contributed by atoms with Gasteiger partial charge in [0.15, 0.2) is 0 Å². The zero-order chi connectivity index (χ0) is 12.5. The molecule has 0 aliphatic carbocycles. The van der Waals surface area contributed by atoms with E-state index in [0.717, 1.165) is 32.4 Å². The summed E-state index contributed by atoms with van der Waals surface area (Å²) in [6.07, 6.45) is 4.78. The summed E-state index contributed by atoms with van der Waals surface area (Å²) in [6, 6.07) is 0. The summed E-state index contributed by atoms with van der Waals surface area (Å²) in [6.45, 7) is 2.24. The molecule has 2 saturated heterocycles. The Kier molecular flexibility index (Phi) is 3.66. The standard InChI is InChI=1S/C12H20N2O2S/c1-13-6-3-4-12(11(13)16)5-7-14(9-12)10(15)8-17-2/h3-9H2,1-2H3/t12-/m1/s1. The van der Waals surface area contributed by atoms with Crippen molar-refractivity contribution in [2.75, 3.05) is 38.7 Å². The molecular formula is C12H20N2O2S. The topological polar surface area (TPSA) is 40.6 Å². The van der Waals surface area contributed by atoms with Crippen LogP contribution in [0.3, 0.4) is 0 Å². The first-order valence-electron chi connectivity index (χ1n) is 6.11. The molecule has 1 spiro atoms. The van der Waals surface area contributed by atoms with Gasteiger partial charge in [0.2, 0.25) is 11.8 Å².